The highest BCUT2D eigenvalue weighted by Crippen LogP contribution is 2.37. The summed E-state index contributed by atoms with van der Waals surface area (Å²) in [6.45, 7) is 11.7. The van der Waals surface area contributed by atoms with Crippen molar-refractivity contribution in [3.8, 4) is 0 Å². The van der Waals surface area contributed by atoms with Crippen LogP contribution in [0.2, 0.25) is 18.1 Å². The fourth-order valence-electron chi connectivity index (χ4n) is 2.63. The van der Waals surface area contributed by atoms with E-state index in [0.29, 0.717) is 5.78 Å². The zero-order valence-corrected chi connectivity index (χ0v) is 13.3. The normalized spacial score (nSPS) is 16.6. The minimum Gasteiger partial charge on any atom is -0.294 e. The molecule has 0 saturated carbocycles. The Morgan fingerprint density at radius 2 is 1.78 bits per heavy atom. The summed E-state index contributed by atoms with van der Waals surface area (Å²) in [5.41, 5.74) is 2.36. The highest BCUT2D eigenvalue weighted by atomic mass is 28.3. The Hall–Kier alpha value is -0.893. The largest absolute Gasteiger partial charge is 0.294 e. The number of fused-ring (bicyclic) bond motifs is 1. The van der Waals surface area contributed by atoms with E-state index in [4.69, 9.17) is 0 Å². The van der Waals surface area contributed by atoms with Crippen LogP contribution in [0.3, 0.4) is 0 Å². The smallest absolute Gasteiger partial charge is 0.163 e. The average molecular weight is 260 g/mol. The molecular formula is C16H24OSi. The maximum absolute atomic E-state index is 12.3. The lowest BCUT2D eigenvalue weighted by molar-refractivity contribution is 0.0973. The van der Waals surface area contributed by atoms with Gasteiger partial charge in [0.1, 0.15) is 0 Å². The van der Waals surface area contributed by atoms with E-state index in [-0.39, 0.29) is 5.04 Å². The number of aryl methyl sites for hydroxylation is 1. The molecule has 2 heteroatoms. The average Bonchev–Trinajstić information content (AvgIpc) is 2.27. The third kappa shape index (κ3) is 2.07. The topological polar surface area (TPSA) is 17.1 Å². The second kappa shape index (κ2) is 4.34. The first-order valence-electron chi connectivity index (χ1n) is 6.91. The molecule has 0 saturated heterocycles. The van der Waals surface area contributed by atoms with Crippen LogP contribution in [-0.4, -0.2) is 13.9 Å². The molecule has 1 aliphatic rings. The fourth-order valence-corrected chi connectivity index (χ4v) is 4.87. The van der Waals surface area contributed by atoms with Crippen LogP contribution in [0.5, 0.6) is 0 Å². The molecule has 18 heavy (non-hydrogen) atoms. The highest BCUT2D eigenvalue weighted by molar-refractivity contribution is 6.92. The summed E-state index contributed by atoms with van der Waals surface area (Å²) in [6.07, 6.45) is 2.83. The maximum atomic E-state index is 12.3. The molecule has 0 spiro atoms. The van der Waals surface area contributed by atoms with E-state index in [1.165, 1.54) is 10.8 Å². The van der Waals surface area contributed by atoms with E-state index >= 15 is 0 Å². The monoisotopic (exact) mass is 260 g/mol. The molecule has 0 atom stereocenters. The summed E-state index contributed by atoms with van der Waals surface area (Å²) in [6, 6.07) is 6.50. The number of ketones is 1. The molecule has 0 N–H and O–H groups in total. The van der Waals surface area contributed by atoms with E-state index in [2.05, 4.69) is 52.1 Å². The van der Waals surface area contributed by atoms with Crippen LogP contribution in [-0.2, 0) is 6.42 Å². The molecule has 98 valence electrons. The number of rotatable bonds is 1. The van der Waals surface area contributed by atoms with E-state index in [0.717, 1.165) is 24.8 Å². The van der Waals surface area contributed by atoms with Gasteiger partial charge in [-0.15, -0.1) is 0 Å². The Labute approximate surface area is 112 Å². The van der Waals surface area contributed by atoms with Crippen molar-refractivity contribution >= 4 is 19.0 Å². The van der Waals surface area contributed by atoms with Gasteiger partial charge in [-0.2, -0.15) is 0 Å². The highest BCUT2D eigenvalue weighted by Gasteiger charge is 2.40. The van der Waals surface area contributed by atoms with Crippen molar-refractivity contribution in [1.82, 2.24) is 0 Å². The molecule has 0 amide bonds. The maximum Gasteiger partial charge on any atom is 0.163 e. The van der Waals surface area contributed by atoms with Crippen LogP contribution >= 0.6 is 0 Å². The Morgan fingerprint density at radius 1 is 1.11 bits per heavy atom. The van der Waals surface area contributed by atoms with Gasteiger partial charge < -0.3 is 0 Å². The number of benzene rings is 1. The van der Waals surface area contributed by atoms with Crippen molar-refractivity contribution in [3.63, 3.8) is 0 Å². The molecule has 2 rings (SSSR count). The van der Waals surface area contributed by atoms with Gasteiger partial charge in [0, 0.05) is 12.0 Å². The Morgan fingerprint density at radius 3 is 2.39 bits per heavy atom. The minimum absolute atomic E-state index is 0.278. The van der Waals surface area contributed by atoms with Crippen LogP contribution in [0, 0.1) is 0 Å². The van der Waals surface area contributed by atoms with Crippen molar-refractivity contribution in [1.29, 1.82) is 0 Å². The molecule has 0 aliphatic heterocycles. The van der Waals surface area contributed by atoms with Gasteiger partial charge in [0.15, 0.2) is 5.78 Å². The first-order chi connectivity index (χ1) is 8.25. The van der Waals surface area contributed by atoms with Crippen molar-refractivity contribution in [2.24, 2.45) is 0 Å². The third-order valence-electron chi connectivity index (χ3n) is 4.83. The summed E-state index contributed by atoms with van der Waals surface area (Å²) >= 11 is 0. The fraction of sp³-hybridized carbons (Fsp3) is 0.562. The first-order valence-corrected chi connectivity index (χ1v) is 9.91. The standard InChI is InChI=1S/C16H24OSi/c1-16(2,3)18(4,5)14-11-7-9-12-8-6-10-13(17)15(12)14/h7,9,11H,6,8,10H2,1-5H3. The molecule has 0 unspecified atom stereocenters. The number of hydrogen-bond donors (Lipinski definition) is 0. The van der Waals surface area contributed by atoms with E-state index in [9.17, 15) is 4.79 Å². The second-order valence-corrected chi connectivity index (χ2v) is 12.3. The molecule has 1 aromatic rings. The SMILES string of the molecule is CC(C)(C)[Si](C)(C)c1cccc2c1C(=O)CCC2. The third-order valence-corrected chi connectivity index (χ3v) is 10.3. The Bertz CT molecular complexity index is 480. The van der Waals surface area contributed by atoms with Gasteiger partial charge in [-0.05, 0) is 28.6 Å². The van der Waals surface area contributed by atoms with Gasteiger partial charge in [0.2, 0.25) is 0 Å². The zero-order valence-electron chi connectivity index (χ0n) is 12.3. The summed E-state index contributed by atoms with van der Waals surface area (Å²) in [4.78, 5) is 12.3. The predicted octanol–water partition coefficient (Wildman–Crippen LogP) is 3.92. The number of Topliss-reactive ketones (excluding diaryl/α,β-unsaturated/α-hetero) is 1. The van der Waals surface area contributed by atoms with Crippen molar-refractivity contribution in [2.75, 3.05) is 0 Å². The predicted molar refractivity (Wildman–Crippen MR) is 80.5 cm³/mol. The van der Waals surface area contributed by atoms with Gasteiger partial charge in [-0.1, -0.05) is 52.1 Å². The first kappa shape index (κ1) is 13.5. The van der Waals surface area contributed by atoms with Gasteiger partial charge >= 0.3 is 0 Å². The summed E-state index contributed by atoms with van der Waals surface area (Å²) < 4.78 is 0. The van der Waals surface area contributed by atoms with Crippen LogP contribution < -0.4 is 5.19 Å². The zero-order chi connectivity index (χ0) is 13.6. The summed E-state index contributed by atoms with van der Waals surface area (Å²) in [5, 5.41) is 1.65. The minimum atomic E-state index is -1.62. The molecule has 1 nitrogen and oxygen atoms in total. The molecule has 1 aliphatic carbocycles. The van der Waals surface area contributed by atoms with Crippen molar-refractivity contribution < 1.29 is 4.79 Å². The summed E-state index contributed by atoms with van der Waals surface area (Å²) in [5.74, 6) is 0.372. The van der Waals surface area contributed by atoms with E-state index in [1.54, 1.807) is 0 Å². The second-order valence-electron chi connectivity index (χ2n) is 6.99. The van der Waals surface area contributed by atoms with Gasteiger partial charge in [-0.25, -0.2) is 0 Å². The Kier molecular flexibility index (Phi) is 3.26. The van der Waals surface area contributed by atoms with Crippen molar-refractivity contribution in [3.05, 3.63) is 29.3 Å². The lowest BCUT2D eigenvalue weighted by Crippen LogP contribution is -2.52. The van der Waals surface area contributed by atoms with Crippen molar-refractivity contribution in [2.45, 2.75) is 58.2 Å². The Balaban J connectivity index is 2.63. The van der Waals surface area contributed by atoms with E-state index in [1.807, 2.05) is 0 Å². The molecule has 0 radical (unpaired) electrons. The molecule has 0 aromatic heterocycles. The lowest BCUT2D eigenvalue weighted by atomic mass is 9.91. The molecule has 0 bridgehead atoms. The number of hydrogen-bond acceptors (Lipinski definition) is 1. The van der Waals surface area contributed by atoms with Gasteiger partial charge in [0.05, 0.1) is 8.07 Å². The molecule has 0 heterocycles. The summed E-state index contributed by atoms with van der Waals surface area (Å²) in [7, 11) is -1.62. The number of carbonyl (C=O) groups is 1. The molecule has 0 fully saturated rings. The number of carbonyl (C=O) groups excluding carboxylic acids is 1. The van der Waals surface area contributed by atoms with Crippen LogP contribution in [0.1, 0.15) is 49.5 Å². The lowest BCUT2D eigenvalue weighted by Gasteiger charge is -2.39. The molecular weight excluding hydrogens is 236 g/mol. The van der Waals surface area contributed by atoms with Crippen LogP contribution in [0.15, 0.2) is 18.2 Å². The van der Waals surface area contributed by atoms with Gasteiger partial charge in [0.25, 0.3) is 0 Å². The van der Waals surface area contributed by atoms with Gasteiger partial charge in [-0.3, -0.25) is 4.79 Å². The quantitative estimate of drug-likeness (QED) is 0.699. The molecule has 1 aromatic carbocycles. The van der Waals surface area contributed by atoms with Crippen LogP contribution in [0.25, 0.3) is 0 Å². The van der Waals surface area contributed by atoms with E-state index < -0.39 is 8.07 Å². The van der Waals surface area contributed by atoms with Crippen LogP contribution in [0.4, 0.5) is 0 Å².